The molecule has 3 aliphatic heterocycles. The van der Waals surface area contributed by atoms with Gasteiger partial charge in [-0.1, -0.05) is 0 Å². The number of benzene rings is 1. The molecule has 3 atom stereocenters. The van der Waals surface area contributed by atoms with Crippen LogP contribution >= 0.6 is 0 Å². The fourth-order valence-electron chi connectivity index (χ4n) is 5.87. The summed E-state index contributed by atoms with van der Waals surface area (Å²) in [6.07, 6.45) is 6.15. The molecule has 3 fully saturated rings. The van der Waals surface area contributed by atoms with Gasteiger partial charge in [-0.25, -0.2) is 8.42 Å². The number of anilines is 1. The Bertz CT molecular complexity index is 989. The monoisotopic (exact) mass is 446 g/mol. The van der Waals surface area contributed by atoms with Crippen LogP contribution in [-0.4, -0.2) is 54.0 Å². The van der Waals surface area contributed by atoms with Crippen LogP contribution in [0.25, 0.3) is 0 Å². The third-order valence-electron chi connectivity index (χ3n) is 7.43. The highest BCUT2D eigenvalue weighted by molar-refractivity contribution is 7.89. The summed E-state index contributed by atoms with van der Waals surface area (Å²) in [4.78, 5) is 24.4. The molecule has 1 saturated carbocycles. The van der Waals surface area contributed by atoms with Crippen molar-refractivity contribution in [2.24, 2.45) is 5.73 Å². The second kappa shape index (κ2) is 7.86. The van der Waals surface area contributed by atoms with Crippen LogP contribution in [0.5, 0.6) is 0 Å². The lowest BCUT2D eigenvalue weighted by Gasteiger charge is -2.41. The van der Waals surface area contributed by atoms with Crippen LogP contribution < -0.4 is 16.4 Å². The molecule has 1 unspecified atom stereocenters. The van der Waals surface area contributed by atoms with Crippen LogP contribution in [0.15, 0.2) is 18.2 Å². The molecular formula is C22H30N4O4S. The smallest absolute Gasteiger partial charge is 0.251 e. The summed E-state index contributed by atoms with van der Waals surface area (Å²) in [6, 6.07) is 5.27. The summed E-state index contributed by atoms with van der Waals surface area (Å²) in [6.45, 7) is 0. The highest BCUT2D eigenvalue weighted by atomic mass is 32.2. The van der Waals surface area contributed by atoms with Crippen molar-refractivity contribution in [2.45, 2.75) is 87.2 Å². The van der Waals surface area contributed by atoms with Crippen LogP contribution in [-0.2, 0) is 21.2 Å². The largest absolute Gasteiger partial charge is 0.349 e. The van der Waals surface area contributed by atoms with Gasteiger partial charge in [0.25, 0.3) is 5.91 Å². The molecule has 0 aromatic heterocycles. The Labute approximate surface area is 183 Å². The molecule has 5 rings (SSSR count). The topological polar surface area (TPSA) is 122 Å². The fraction of sp³-hybridized carbons (Fsp3) is 0.636. The van der Waals surface area contributed by atoms with Gasteiger partial charge in [0.05, 0.1) is 11.7 Å². The first-order valence-electron chi connectivity index (χ1n) is 11.3. The van der Waals surface area contributed by atoms with Gasteiger partial charge in [0.1, 0.15) is 0 Å². The van der Waals surface area contributed by atoms with Crippen molar-refractivity contribution in [3.63, 3.8) is 0 Å². The van der Waals surface area contributed by atoms with E-state index in [1.54, 1.807) is 22.5 Å². The molecule has 1 aromatic carbocycles. The third-order valence-corrected chi connectivity index (χ3v) is 9.93. The number of carbonyl (C=O) groups excluding carboxylic acids is 2. The quantitative estimate of drug-likeness (QED) is 0.647. The molecule has 9 heteroatoms. The molecule has 8 nitrogen and oxygen atoms in total. The predicted octanol–water partition coefficient (Wildman–Crippen LogP) is 1.51. The van der Waals surface area contributed by atoms with E-state index in [0.717, 1.165) is 36.9 Å². The molecule has 4 N–H and O–H groups in total. The second-order valence-electron chi connectivity index (χ2n) is 9.54. The zero-order valence-electron chi connectivity index (χ0n) is 17.5. The van der Waals surface area contributed by atoms with Gasteiger partial charge < -0.3 is 16.4 Å². The molecule has 1 aliphatic carbocycles. The van der Waals surface area contributed by atoms with Crippen LogP contribution in [0.2, 0.25) is 0 Å². The molecule has 31 heavy (non-hydrogen) atoms. The van der Waals surface area contributed by atoms with E-state index >= 15 is 0 Å². The lowest BCUT2D eigenvalue weighted by molar-refractivity contribution is -0.115. The number of piperidine rings is 1. The minimum atomic E-state index is -3.33. The van der Waals surface area contributed by atoms with E-state index in [1.165, 1.54) is 0 Å². The Morgan fingerprint density at radius 3 is 2.42 bits per heavy atom. The van der Waals surface area contributed by atoms with Crippen molar-refractivity contribution in [3.8, 4) is 0 Å². The fourth-order valence-corrected chi connectivity index (χ4v) is 8.29. The van der Waals surface area contributed by atoms with E-state index < -0.39 is 10.0 Å². The molecule has 1 aromatic rings. The summed E-state index contributed by atoms with van der Waals surface area (Å²) >= 11 is 0. The van der Waals surface area contributed by atoms with Crippen LogP contribution in [0, 0.1) is 0 Å². The Morgan fingerprint density at radius 1 is 1.06 bits per heavy atom. The van der Waals surface area contributed by atoms with Gasteiger partial charge in [0, 0.05) is 35.4 Å². The van der Waals surface area contributed by atoms with E-state index in [-0.39, 0.29) is 41.2 Å². The molecule has 2 saturated heterocycles. The molecule has 0 radical (unpaired) electrons. The lowest BCUT2D eigenvalue weighted by atomic mass is 9.96. The number of hydrogen-bond acceptors (Lipinski definition) is 5. The standard InChI is InChI=1S/C22H30N4O4S/c23-15-2-6-19(7-3-15)31(29,30)26-17-4-5-18(26)12-16(11-17)24-22(28)13-1-8-20-14(9-13)10-21(27)25-20/h1,8-9,15-19H,2-7,10-12,23H2,(H,24,28)(H,25,27)/t15?,16?,17-,18+,19?. The Balaban J connectivity index is 1.25. The Hall–Kier alpha value is -1.97. The van der Waals surface area contributed by atoms with E-state index in [1.807, 2.05) is 0 Å². The van der Waals surface area contributed by atoms with E-state index in [0.29, 0.717) is 37.7 Å². The molecule has 2 bridgehead atoms. The van der Waals surface area contributed by atoms with Gasteiger partial charge in [-0.05, 0) is 75.1 Å². The van der Waals surface area contributed by atoms with Gasteiger partial charge in [-0.15, -0.1) is 0 Å². The molecule has 2 amide bonds. The maximum absolute atomic E-state index is 13.4. The zero-order valence-corrected chi connectivity index (χ0v) is 18.4. The van der Waals surface area contributed by atoms with Crippen LogP contribution in [0.1, 0.15) is 67.3 Å². The zero-order chi connectivity index (χ0) is 21.8. The van der Waals surface area contributed by atoms with Crippen molar-refractivity contribution in [3.05, 3.63) is 29.3 Å². The van der Waals surface area contributed by atoms with Gasteiger partial charge >= 0.3 is 0 Å². The van der Waals surface area contributed by atoms with Gasteiger partial charge in [0.15, 0.2) is 0 Å². The Kier molecular flexibility index (Phi) is 5.30. The van der Waals surface area contributed by atoms with Crippen LogP contribution in [0.3, 0.4) is 0 Å². The maximum Gasteiger partial charge on any atom is 0.251 e. The SMILES string of the molecule is NC1CCC(S(=O)(=O)N2[C@@H]3CC[C@H]2CC(NC(=O)c2ccc4c(c2)CC(=O)N4)C3)CC1. The number of hydrogen-bond donors (Lipinski definition) is 3. The van der Waals surface area contributed by atoms with Crippen molar-refractivity contribution in [1.29, 1.82) is 0 Å². The average molecular weight is 447 g/mol. The second-order valence-corrected chi connectivity index (χ2v) is 11.7. The molecule has 168 valence electrons. The van der Waals surface area contributed by atoms with Crippen molar-refractivity contribution in [1.82, 2.24) is 9.62 Å². The average Bonchev–Trinajstić information content (AvgIpc) is 3.24. The van der Waals surface area contributed by atoms with E-state index in [4.69, 9.17) is 5.73 Å². The van der Waals surface area contributed by atoms with Crippen molar-refractivity contribution < 1.29 is 18.0 Å². The maximum atomic E-state index is 13.4. The number of amides is 2. The third kappa shape index (κ3) is 3.87. The number of rotatable bonds is 4. The lowest BCUT2D eigenvalue weighted by Crippen LogP contribution is -2.55. The predicted molar refractivity (Wildman–Crippen MR) is 117 cm³/mol. The minimum absolute atomic E-state index is 0.0357. The molecule has 0 spiro atoms. The summed E-state index contributed by atoms with van der Waals surface area (Å²) in [5.41, 5.74) is 8.11. The summed E-state index contributed by atoms with van der Waals surface area (Å²) < 4.78 is 28.5. The number of carbonyl (C=O) groups is 2. The summed E-state index contributed by atoms with van der Waals surface area (Å²) in [5, 5.41) is 5.57. The molecule has 4 aliphatic rings. The molecule has 3 heterocycles. The number of fused-ring (bicyclic) bond motifs is 3. The van der Waals surface area contributed by atoms with Gasteiger partial charge in [-0.2, -0.15) is 4.31 Å². The first kappa shape index (κ1) is 20.9. The first-order valence-corrected chi connectivity index (χ1v) is 12.8. The van der Waals surface area contributed by atoms with Crippen molar-refractivity contribution in [2.75, 3.05) is 5.32 Å². The molecular weight excluding hydrogens is 416 g/mol. The number of nitrogens with one attached hydrogen (secondary N) is 2. The normalized spacial score (nSPS) is 33.1. The number of nitrogens with two attached hydrogens (primary N) is 1. The minimum Gasteiger partial charge on any atom is -0.349 e. The van der Waals surface area contributed by atoms with Crippen LogP contribution in [0.4, 0.5) is 5.69 Å². The highest BCUT2D eigenvalue weighted by Crippen LogP contribution is 2.41. The van der Waals surface area contributed by atoms with Gasteiger partial charge in [-0.3, -0.25) is 9.59 Å². The number of nitrogens with zero attached hydrogens (tertiary/aromatic N) is 1. The first-order chi connectivity index (χ1) is 14.8. The summed E-state index contributed by atoms with van der Waals surface area (Å²) in [7, 11) is -3.33. The van der Waals surface area contributed by atoms with Gasteiger partial charge in [0.2, 0.25) is 15.9 Å². The Morgan fingerprint density at radius 2 is 1.74 bits per heavy atom. The van der Waals surface area contributed by atoms with E-state index in [2.05, 4.69) is 10.6 Å². The van der Waals surface area contributed by atoms with Crippen molar-refractivity contribution >= 4 is 27.5 Å². The number of sulfonamides is 1. The summed E-state index contributed by atoms with van der Waals surface area (Å²) in [5.74, 6) is -0.221. The van der Waals surface area contributed by atoms with E-state index in [9.17, 15) is 18.0 Å². The highest BCUT2D eigenvalue weighted by Gasteiger charge is 2.49.